The lowest BCUT2D eigenvalue weighted by molar-refractivity contribution is -0.123. The maximum Gasteiger partial charge on any atom is 0.267 e. The van der Waals surface area contributed by atoms with Crippen molar-refractivity contribution in [2.45, 2.75) is 31.9 Å². The zero-order valence-corrected chi connectivity index (χ0v) is 15.5. The van der Waals surface area contributed by atoms with Crippen molar-refractivity contribution >= 4 is 29.1 Å². The van der Waals surface area contributed by atoms with Crippen LogP contribution < -0.4 is 20.3 Å². The molecule has 0 radical (unpaired) electrons. The molecule has 1 heterocycles. The van der Waals surface area contributed by atoms with Crippen molar-refractivity contribution in [1.29, 1.82) is 0 Å². The van der Waals surface area contributed by atoms with Gasteiger partial charge in [0.25, 0.3) is 11.8 Å². The topological polar surface area (TPSA) is 87.7 Å². The Morgan fingerprint density at radius 1 is 1.07 bits per heavy atom. The summed E-state index contributed by atoms with van der Waals surface area (Å²) in [5.74, 6) is -0.196. The molecule has 2 aromatic carbocycles. The molecule has 3 amide bonds. The number of amides is 3. The number of hydrogen-bond acceptors (Lipinski definition) is 4. The number of para-hydroxylation sites is 2. The summed E-state index contributed by atoms with van der Waals surface area (Å²) in [6.45, 7) is 1.58. The minimum absolute atomic E-state index is 0.125. The van der Waals surface area contributed by atoms with Crippen molar-refractivity contribution < 1.29 is 19.1 Å². The van der Waals surface area contributed by atoms with Crippen LogP contribution in [0.5, 0.6) is 5.75 Å². The molecular formula is C21H21N3O4. The first-order chi connectivity index (χ1) is 13.5. The van der Waals surface area contributed by atoms with Gasteiger partial charge in [-0.05, 0) is 43.2 Å². The van der Waals surface area contributed by atoms with Crippen LogP contribution >= 0.6 is 0 Å². The SMILES string of the molecule is CC(=O)N1CC(C(=O)Nc2cccc(C(=O)NC3CC3)c2)Oc2ccccc21. The molecule has 0 aromatic heterocycles. The van der Waals surface area contributed by atoms with Gasteiger partial charge in [0, 0.05) is 24.2 Å². The molecule has 7 nitrogen and oxygen atoms in total. The molecule has 1 saturated carbocycles. The van der Waals surface area contributed by atoms with E-state index in [4.69, 9.17) is 4.74 Å². The average Bonchev–Trinajstić information content (AvgIpc) is 3.51. The Balaban J connectivity index is 1.48. The van der Waals surface area contributed by atoms with Crippen LogP contribution in [-0.4, -0.2) is 36.4 Å². The van der Waals surface area contributed by atoms with Gasteiger partial charge in [-0.1, -0.05) is 18.2 Å². The van der Waals surface area contributed by atoms with Gasteiger partial charge in [-0.25, -0.2) is 0 Å². The summed E-state index contributed by atoms with van der Waals surface area (Å²) in [5.41, 5.74) is 1.65. The monoisotopic (exact) mass is 379 g/mol. The molecule has 1 atom stereocenters. The molecule has 2 aliphatic rings. The van der Waals surface area contributed by atoms with Gasteiger partial charge in [-0.2, -0.15) is 0 Å². The molecule has 4 rings (SSSR count). The molecule has 1 aliphatic heterocycles. The Morgan fingerprint density at radius 2 is 1.86 bits per heavy atom. The first-order valence-corrected chi connectivity index (χ1v) is 9.27. The molecular weight excluding hydrogens is 358 g/mol. The molecule has 0 bridgehead atoms. The molecule has 0 spiro atoms. The molecule has 28 heavy (non-hydrogen) atoms. The third-order valence-corrected chi connectivity index (χ3v) is 4.75. The highest BCUT2D eigenvalue weighted by Gasteiger charge is 2.32. The van der Waals surface area contributed by atoms with Gasteiger partial charge in [0.15, 0.2) is 6.10 Å². The van der Waals surface area contributed by atoms with E-state index in [1.807, 2.05) is 6.07 Å². The van der Waals surface area contributed by atoms with Gasteiger partial charge < -0.3 is 20.3 Å². The van der Waals surface area contributed by atoms with Crippen LogP contribution in [0.15, 0.2) is 48.5 Å². The van der Waals surface area contributed by atoms with Crippen LogP contribution in [0.2, 0.25) is 0 Å². The number of hydrogen-bond donors (Lipinski definition) is 2. The van der Waals surface area contributed by atoms with Crippen molar-refractivity contribution in [2.24, 2.45) is 0 Å². The molecule has 2 N–H and O–H groups in total. The molecule has 1 aliphatic carbocycles. The molecule has 144 valence electrons. The number of nitrogens with zero attached hydrogens (tertiary/aromatic N) is 1. The van der Waals surface area contributed by atoms with Crippen molar-refractivity contribution in [3.8, 4) is 5.75 Å². The maximum atomic E-state index is 12.7. The van der Waals surface area contributed by atoms with Crippen molar-refractivity contribution in [3.05, 3.63) is 54.1 Å². The minimum atomic E-state index is -0.845. The summed E-state index contributed by atoms with van der Waals surface area (Å²) in [6.07, 6.45) is 1.17. The van der Waals surface area contributed by atoms with E-state index in [9.17, 15) is 14.4 Å². The standard InChI is InChI=1S/C21H21N3O4/c1-13(25)24-12-19(28-18-8-3-2-7-17(18)24)21(27)23-16-6-4-5-14(11-16)20(26)22-15-9-10-15/h2-8,11,15,19H,9-10,12H2,1H3,(H,22,26)(H,23,27). The second-order valence-corrected chi connectivity index (χ2v) is 7.02. The second-order valence-electron chi connectivity index (χ2n) is 7.02. The molecule has 1 unspecified atom stereocenters. The quantitative estimate of drug-likeness (QED) is 0.854. The number of carbonyl (C=O) groups is 3. The van der Waals surface area contributed by atoms with E-state index in [1.165, 1.54) is 11.8 Å². The number of nitrogens with one attached hydrogen (secondary N) is 2. The number of ether oxygens (including phenoxy) is 1. The van der Waals surface area contributed by atoms with E-state index in [0.29, 0.717) is 22.7 Å². The number of fused-ring (bicyclic) bond motifs is 1. The summed E-state index contributed by atoms with van der Waals surface area (Å²) < 4.78 is 5.80. The van der Waals surface area contributed by atoms with Crippen molar-refractivity contribution in [2.75, 3.05) is 16.8 Å². The second kappa shape index (κ2) is 7.34. The Morgan fingerprint density at radius 3 is 2.61 bits per heavy atom. The van der Waals surface area contributed by atoms with Crippen LogP contribution in [-0.2, 0) is 9.59 Å². The average molecular weight is 379 g/mol. The number of rotatable bonds is 4. The van der Waals surface area contributed by atoms with E-state index in [0.717, 1.165) is 12.8 Å². The Hall–Kier alpha value is -3.35. The van der Waals surface area contributed by atoms with Crippen LogP contribution in [0, 0.1) is 0 Å². The third-order valence-electron chi connectivity index (χ3n) is 4.75. The van der Waals surface area contributed by atoms with Gasteiger partial charge in [-0.15, -0.1) is 0 Å². The lowest BCUT2D eigenvalue weighted by Gasteiger charge is -2.33. The zero-order valence-electron chi connectivity index (χ0n) is 15.5. The predicted molar refractivity (Wildman–Crippen MR) is 104 cm³/mol. The number of anilines is 2. The molecule has 0 saturated heterocycles. The first kappa shape index (κ1) is 18.0. The minimum Gasteiger partial charge on any atom is -0.476 e. The normalized spacial score (nSPS) is 17.9. The van der Waals surface area contributed by atoms with Gasteiger partial charge in [-0.3, -0.25) is 14.4 Å². The first-order valence-electron chi connectivity index (χ1n) is 9.27. The van der Waals surface area contributed by atoms with Gasteiger partial charge >= 0.3 is 0 Å². The summed E-state index contributed by atoms with van der Waals surface area (Å²) >= 11 is 0. The number of benzene rings is 2. The van der Waals surface area contributed by atoms with Crippen LogP contribution in [0.25, 0.3) is 0 Å². The predicted octanol–water partition coefficient (Wildman–Crippen LogP) is 2.33. The largest absolute Gasteiger partial charge is 0.476 e. The lowest BCUT2D eigenvalue weighted by Crippen LogP contribution is -2.48. The maximum absolute atomic E-state index is 12.7. The van der Waals surface area contributed by atoms with Gasteiger partial charge in [0.1, 0.15) is 5.75 Å². The van der Waals surface area contributed by atoms with E-state index < -0.39 is 6.10 Å². The van der Waals surface area contributed by atoms with E-state index in [1.54, 1.807) is 42.5 Å². The highest BCUT2D eigenvalue weighted by molar-refractivity contribution is 6.01. The number of carbonyl (C=O) groups excluding carboxylic acids is 3. The van der Waals surface area contributed by atoms with Crippen LogP contribution in [0.1, 0.15) is 30.1 Å². The smallest absolute Gasteiger partial charge is 0.267 e. The van der Waals surface area contributed by atoms with E-state index in [-0.39, 0.29) is 30.3 Å². The fourth-order valence-electron chi connectivity index (χ4n) is 3.13. The Bertz CT molecular complexity index is 939. The molecule has 1 fully saturated rings. The summed E-state index contributed by atoms with van der Waals surface area (Å²) in [4.78, 5) is 38.5. The fraction of sp³-hybridized carbons (Fsp3) is 0.286. The lowest BCUT2D eigenvalue weighted by atomic mass is 10.1. The molecule has 7 heteroatoms. The van der Waals surface area contributed by atoms with Crippen molar-refractivity contribution in [3.63, 3.8) is 0 Å². The van der Waals surface area contributed by atoms with Crippen LogP contribution in [0.4, 0.5) is 11.4 Å². The zero-order chi connectivity index (χ0) is 19.7. The summed E-state index contributed by atoms with van der Waals surface area (Å²) in [5, 5.41) is 5.71. The van der Waals surface area contributed by atoms with E-state index >= 15 is 0 Å². The third kappa shape index (κ3) is 3.83. The highest BCUT2D eigenvalue weighted by Crippen LogP contribution is 2.33. The van der Waals surface area contributed by atoms with Gasteiger partial charge in [0.05, 0.1) is 12.2 Å². The summed E-state index contributed by atoms with van der Waals surface area (Å²) in [7, 11) is 0. The van der Waals surface area contributed by atoms with Crippen LogP contribution in [0.3, 0.4) is 0 Å². The fourth-order valence-corrected chi connectivity index (χ4v) is 3.13. The summed E-state index contributed by atoms with van der Waals surface area (Å²) in [6, 6.07) is 14.2. The van der Waals surface area contributed by atoms with E-state index in [2.05, 4.69) is 10.6 Å². The molecule has 2 aromatic rings. The van der Waals surface area contributed by atoms with Crippen molar-refractivity contribution in [1.82, 2.24) is 5.32 Å². The Kier molecular flexibility index (Phi) is 4.73. The van der Waals surface area contributed by atoms with Gasteiger partial charge in [0.2, 0.25) is 5.91 Å². The Labute approximate surface area is 162 Å². The highest BCUT2D eigenvalue weighted by atomic mass is 16.5.